The van der Waals surface area contributed by atoms with E-state index < -0.39 is 5.97 Å². The Morgan fingerprint density at radius 2 is 2.10 bits per heavy atom. The van der Waals surface area contributed by atoms with Crippen molar-refractivity contribution in [2.75, 3.05) is 6.61 Å². The number of benzene rings is 1. The van der Waals surface area contributed by atoms with Crippen LogP contribution in [0.25, 0.3) is 5.69 Å². The van der Waals surface area contributed by atoms with Gasteiger partial charge in [-0.1, -0.05) is 12.1 Å². The highest BCUT2D eigenvalue weighted by molar-refractivity contribution is 5.66. The maximum atomic E-state index is 10.4. The number of carboxylic acids is 1. The molecule has 5 heteroatoms. The molecule has 0 saturated heterocycles. The standard InChI is InChI=1S/C15H18N2O3/c18-15(19)8-2-1-5-11-20-14-7-4-3-6-13(14)17-10-9-16-12-17/h3-4,6-7,9-10,12H,1-2,5,8,11H2,(H,18,19). The first-order valence-corrected chi connectivity index (χ1v) is 6.69. The van der Waals surface area contributed by atoms with Crippen LogP contribution in [0, 0.1) is 0 Å². The topological polar surface area (TPSA) is 64.3 Å². The van der Waals surface area contributed by atoms with Crippen molar-refractivity contribution in [2.24, 2.45) is 0 Å². The average Bonchev–Trinajstić information content (AvgIpc) is 2.97. The van der Waals surface area contributed by atoms with Crippen LogP contribution in [0.3, 0.4) is 0 Å². The number of para-hydroxylation sites is 2. The van der Waals surface area contributed by atoms with Crippen LogP contribution in [0.1, 0.15) is 25.7 Å². The zero-order chi connectivity index (χ0) is 14.2. The summed E-state index contributed by atoms with van der Waals surface area (Å²) in [5.41, 5.74) is 0.954. The minimum atomic E-state index is -0.739. The highest BCUT2D eigenvalue weighted by Crippen LogP contribution is 2.22. The molecular formula is C15H18N2O3. The van der Waals surface area contributed by atoms with Gasteiger partial charge in [0.25, 0.3) is 0 Å². The molecule has 0 aliphatic heterocycles. The SMILES string of the molecule is O=C(O)CCCCCOc1ccccc1-n1ccnc1. The second kappa shape index (κ2) is 7.33. The van der Waals surface area contributed by atoms with Crippen molar-refractivity contribution in [2.45, 2.75) is 25.7 Å². The van der Waals surface area contributed by atoms with E-state index in [1.807, 2.05) is 35.0 Å². The summed E-state index contributed by atoms with van der Waals surface area (Å²) in [7, 11) is 0. The van der Waals surface area contributed by atoms with Crippen LogP contribution in [0.2, 0.25) is 0 Å². The molecule has 1 aromatic heterocycles. The lowest BCUT2D eigenvalue weighted by Gasteiger charge is -2.11. The summed E-state index contributed by atoms with van der Waals surface area (Å²) in [5.74, 6) is 0.0695. The van der Waals surface area contributed by atoms with E-state index in [-0.39, 0.29) is 6.42 Å². The van der Waals surface area contributed by atoms with Crippen molar-refractivity contribution in [1.82, 2.24) is 9.55 Å². The number of rotatable bonds is 8. The van der Waals surface area contributed by atoms with E-state index in [1.165, 1.54) is 0 Å². The smallest absolute Gasteiger partial charge is 0.303 e. The third kappa shape index (κ3) is 4.12. The number of aliphatic carboxylic acids is 1. The molecule has 0 saturated carbocycles. The summed E-state index contributed by atoms with van der Waals surface area (Å²) < 4.78 is 7.67. The second-order valence-electron chi connectivity index (χ2n) is 4.49. The van der Waals surface area contributed by atoms with Crippen molar-refractivity contribution >= 4 is 5.97 Å². The Balaban J connectivity index is 1.83. The van der Waals surface area contributed by atoms with Crippen molar-refractivity contribution in [3.63, 3.8) is 0 Å². The molecule has 2 rings (SSSR count). The Morgan fingerprint density at radius 3 is 2.85 bits per heavy atom. The van der Waals surface area contributed by atoms with Gasteiger partial charge < -0.3 is 14.4 Å². The van der Waals surface area contributed by atoms with Gasteiger partial charge in [0.05, 0.1) is 18.6 Å². The van der Waals surface area contributed by atoms with Gasteiger partial charge in [0.2, 0.25) is 0 Å². The Labute approximate surface area is 117 Å². The predicted octanol–water partition coefficient (Wildman–Crippen LogP) is 2.90. The zero-order valence-corrected chi connectivity index (χ0v) is 11.2. The Hall–Kier alpha value is -2.30. The molecule has 0 aliphatic rings. The molecule has 0 spiro atoms. The largest absolute Gasteiger partial charge is 0.491 e. The van der Waals surface area contributed by atoms with Crippen LogP contribution in [-0.4, -0.2) is 27.2 Å². The van der Waals surface area contributed by atoms with Gasteiger partial charge in [-0.05, 0) is 31.4 Å². The summed E-state index contributed by atoms with van der Waals surface area (Å²) in [4.78, 5) is 14.4. The summed E-state index contributed by atoms with van der Waals surface area (Å²) in [6.07, 6.45) is 7.96. The third-order valence-electron chi connectivity index (χ3n) is 2.94. The van der Waals surface area contributed by atoms with Gasteiger partial charge in [0.15, 0.2) is 0 Å². The normalized spacial score (nSPS) is 10.4. The third-order valence-corrected chi connectivity index (χ3v) is 2.94. The lowest BCUT2D eigenvalue weighted by molar-refractivity contribution is -0.137. The first-order valence-electron chi connectivity index (χ1n) is 6.69. The molecule has 0 atom stereocenters. The number of imidazole rings is 1. The number of carbonyl (C=O) groups is 1. The quantitative estimate of drug-likeness (QED) is 0.752. The van der Waals surface area contributed by atoms with Gasteiger partial charge in [0, 0.05) is 18.8 Å². The van der Waals surface area contributed by atoms with Crippen molar-refractivity contribution in [1.29, 1.82) is 0 Å². The van der Waals surface area contributed by atoms with Crippen molar-refractivity contribution in [3.05, 3.63) is 43.0 Å². The number of hydrogen-bond acceptors (Lipinski definition) is 3. The molecule has 5 nitrogen and oxygen atoms in total. The van der Waals surface area contributed by atoms with Gasteiger partial charge in [0.1, 0.15) is 5.75 Å². The average molecular weight is 274 g/mol. The molecule has 1 aromatic carbocycles. The number of nitrogens with zero attached hydrogens (tertiary/aromatic N) is 2. The van der Waals surface area contributed by atoms with Crippen LogP contribution >= 0.6 is 0 Å². The van der Waals surface area contributed by atoms with Crippen LogP contribution in [0.15, 0.2) is 43.0 Å². The van der Waals surface area contributed by atoms with E-state index >= 15 is 0 Å². The zero-order valence-electron chi connectivity index (χ0n) is 11.2. The number of ether oxygens (including phenoxy) is 1. The minimum Gasteiger partial charge on any atom is -0.491 e. The second-order valence-corrected chi connectivity index (χ2v) is 4.49. The fraction of sp³-hybridized carbons (Fsp3) is 0.333. The number of hydrogen-bond donors (Lipinski definition) is 1. The van der Waals surface area contributed by atoms with Crippen LogP contribution in [-0.2, 0) is 4.79 Å². The molecule has 0 radical (unpaired) electrons. The molecule has 0 fully saturated rings. The monoisotopic (exact) mass is 274 g/mol. The maximum Gasteiger partial charge on any atom is 0.303 e. The molecule has 0 aliphatic carbocycles. The minimum absolute atomic E-state index is 0.228. The molecule has 0 unspecified atom stereocenters. The summed E-state index contributed by atoms with van der Waals surface area (Å²) in [6.45, 7) is 0.589. The predicted molar refractivity (Wildman–Crippen MR) is 75.2 cm³/mol. The van der Waals surface area contributed by atoms with E-state index in [1.54, 1.807) is 12.5 Å². The summed E-state index contributed by atoms with van der Waals surface area (Å²) in [6, 6.07) is 7.78. The van der Waals surface area contributed by atoms with E-state index in [0.29, 0.717) is 13.0 Å². The lowest BCUT2D eigenvalue weighted by atomic mass is 10.2. The number of carboxylic acid groups (broad SMARTS) is 1. The van der Waals surface area contributed by atoms with Gasteiger partial charge in [-0.15, -0.1) is 0 Å². The fourth-order valence-corrected chi connectivity index (χ4v) is 1.93. The number of unbranched alkanes of at least 4 members (excludes halogenated alkanes) is 2. The Bertz CT molecular complexity index is 538. The van der Waals surface area contributed by atoms with E-state index in [4.69, 9.17) is 9.84 Å². The molecular weight excluding hydrogens is 256 g/mol. The van der Waals surface area contributed by atoms with Gasteiger partial charge in [-0.2, -0.15) is 0 Å². The molecule has 20 heavy (non-hydrogen) atoms. The van der Waals surface area contributed by atoms with Crippen LogP contribution < -0.4 is 4.74 Å². The van der Waals surface area contributed by atoms with E-state index in [0.717, 1.165) is 24.3 Å². The van der Waals surface area contributed by atoms with Crippen LogP contribution in [0.4, 0.5) is 0 Å². The molecule has 2 aromatic rings. The van der Waals surface area contributed by atoms with Gasteiger partial charge >= 0.3 is 5.97 Å². The highest BCUT2D eigenvalue weighted by atomic mass is 16.5. The summed E-state index contributed by atoms with van der Waals surface area (Å²) in [5, 5.41) is 8.55. The van der Waals surface area contributed by atoms with E-state index in [9.17, 15) is 4.79 Å². The summed E-state index contributed by atoms with van der Waals surface area (Å²) >= 11 is 0. The molecule has 0 bridgehead atoms. The maximum absolute atomic E-state index is 10.4. The number of aromatic nitrogens is 2. The van der Waals surface area contributed by atoms with E-state index in [2.05, 4.69) is 4.98 Å². The first kappa shape index (κ1) is 14.1. The van der Waals surface area contributed by atoms with Gasteiger partial charge in [-0.25, -0.2) is 4.98 Å². The Kier molecular flexibility index (Phi) is 5.17. The molecule has 106 valence electrons. The highest BCUT2D eigenvalue weighted by Gasteiger charge is 2.04. The first-order chi connectivity index (χ1) is 9.77. The molecule has 1 heterocycles. The lowest BCUT2D eigenvalue weighted by Crippen LogP contribution is -2.02. The van der Waals surface area contributed by atoms with Crippen molar-refractivity contribution < 1.29 is 14.6 Å². The van der Waals surface area contributed by atoms with Crippen LogP contribution in [0.5, 0.6) is 5.75 Å². The fourth-order valence-electron chi connectivity index (χ4n) is 1.93. The molecule has 1 N–H and O–H groups in total. The Morgan fingerprint density at radius 1 is 1.25 bits per heavy atom. The molecule has 0 amide bonds. The van der Waals surface area contributed by atoms with Crippen molar-refractivity contribution in [3.8, 4) is 11.4 Å². The van der Waals surface area contributed by atoms with Gasteiger partial charge in [-0.3, -0.25) is 4.79 Å².